The third-order valence-corrected chi connectivity index (χ3v) is 2.90. The Balaban J connectivity index is 3.80. The average Bonchev–Trinajstić information content (AvgIpc) is 2.03. The van der Waals surface area contributed by atoms with Gasteiger partial charge in [-0.05, 0) is 20.3 Å². The Kier molecular flexibility index (Phi) is 5.88. The van der Waals surface area contributed by atoms with Crippen molar-refractivity contribution < 1.29 is 9.53 Å². The largest absolute Gasteiger partial charge is 0.448 e. The van der Waals surface area contributed by atoms with E-state index in [0.29, 0.717) is 10.8 Å². The van der Waals surface area contributed by atoms with Gasteiger partial charge in [0.2, 0.25) is 0 Å². The summed E-state index contributed by atoms with van der Waals surface area (Å²) < 4.78 is 5.11. The van der Waals surface area contributed by atoms with Crippen molar-refractivity contribution >= 4 is 17.7 Å². The molecule has 0 aliphatic rings. The Labute approximate surface area is 84.7 Å². The fraction of sp³-hybridized carbons (Fsp3) is 0.700. The van der Waals surface area contributed by atoms with Crippen molar-refractivity contribution in [3.8, 4) is 0 Å². The van der Waals surface area contributed by atoms with Crippen LogP contribution in [0.2, 0.25) is 0 Å². The maximum atomic E-state index is 11.1. The van der Waals surface area contributed by atoms with E-state index < -0.39 is 0 Å². The molecular formula is C10H18O2S. The van der Waals surface area contributed by atoms with Crippen LogP contribution in [-0.2, 0) is 9.53 Å². The van der Waals surface area contributed by atoms with E-state index in [2.05, 4.69) is 20.4 Å². The van der Waals surface area contributed by atoms with Crippen LogP contribution in [0.25, 0.3) is 0 Å². The second kappa shape index (κ2) is 6.08. The molecule has 0 fully saturated rings. The molecular weight excluding hydrogens is 184 g/mol. The predicted molar refractivity (Wildman–Crippen MR) is 57.7 cm³/mol. The molecule has 0 aliphatic heterocycles. The van der Waals surface area contributed by atoms with Gasteiger partial charge in [-0.15, -0.1) is 11.8 Å². The number of rotatable bonds is 5. The van der Waals surface area contributed by atoms with Crippen molar-refractivity contribution in [1.82, 2.24) is 0 Å². The van der Waals surface area contributed by atoms with Crippen LogP contribution in [0, 0.1) is 0 Å². The van der Waals surface area contributed by atoms with E-state index in [1.807, 2.05) is 6.92 Å². The van der Waals surface area contributed by atoms with Gasteiger partial charge in [0.1, 0.15) is 5.44 Å². The summed E-state index contributed by atoms with van der Waals surface area (Å²) in [6, 6.07) is 0. The summed E-state index contributed by atoms with van der Waals surface area (Å²) in [6.45, 7) is 11.3. The number of hydrogen-bond acceptors (Lipinski definition) is 3. The summed E-state index contributed by atoms with van der Waals surface area (Å²) in [5, 5.41) is 0.521. The number of esters is 1. The molecule has 2 nitrogen and oxygen atoms in total. The van der Waals surface area contributed by atoms with E-state index in [1.54, 1.807) is 18.7 Å². The van der Waals surface area contributed by atoms with Gasteiger partial charge in [0, 0.05) is 10.8 Å². The van der Waals surface area contributed by atoms with Gasteiger partial charge in [-0.25, -0.2) is 4.79 Å². The Hall–Kier alpha value is -0.440. The molecule has 0 aromatic carbocycles. The fourth-order valence-corrected chi connectivity index (χ4v) is 1.69. The monoisotopic (exact) mass is 202 g/mol. The first kappa shape index (κ1) is 12.6. The third-order valence-electron chi connectivity index (χ3n) is 1.62. The van der Waals surface area contributed by atoms with Crippen LogP contribution in [0.15, 0.2) is 12.2 Å². The number of hydrogen-bond donors (Lipinski definition) is 0. The van der Waals surface area contributed by atoms with E-state index in [-0.39, 0.29) is 11.4 Å². The zero-order valence-electron chi connectivity index (χ0n) is 8.79. The van der Waals surface area contributed by atoms with Crippen LogP contribution in [0.5, 0.6) is 0 Å². The van der Waals surface area contributed by atoms with Gasteiger partial charge >= 0.3 is 5.97 Å². The van der Waals surface area contributed by atoms with Crippen LogP contribution < -0.4 is 0 Å². The molecule has 13 heavy (non-hydrogen) atoms. The van der Waals surface area contributed by atoms with Gasteiger partial charge in [0.05, 0.1) is 0 Å². The fourth-order valence-electron chi connectivity index (χ4n) is 0.702. The number of ether oxygens (including phenoxy) is 1. The van der Waals surface area contributed by atoms with E-state index in [1.165, 1.54) is 0 Å². The smallest absolute Gasteiger partial charge is 0.334 e. The number of carbonyl (C=O) groups is 1. The van der Waals surface area contributed by atoms with E-state index >= 15 is 0 Å². The molecule has 0 amide bonds. The first-order valence-electron chi connectivity index (χ1n) is 4.49. The Morgan fingerprint density at radius 1 is 1.54 bits per heavy atom. The summed E-state index contributed by atoms with van der Waals surface area (Å²) in [5.74, 6) is -0.302. The van der Waals surface area contributed by atoms with Crippen molar-refractivity contribution in [3.63, 3.8) is 0 Å². The second-order valence-corrected chi connectivity index (χ2v) is 4.85. The van der Waals surface area contributed by atoms with Crippen LogP contribution in [0.1, 0.15) is 34.1 Å². The molecule has 76 valence electrons. The van der Waals surface area contributed by atoms with Crippen LogP contribution >= 0.6 is 11.8 Å². The molecule has 3 heteroatoms. The first-order valence-corrected chi connectivity index (χ1v) is 5.43. The van der Waals surface area contributed by atoms with Crippen molar-refractivity contribution in [2.75, 3.05) is 0 Å². The first-order chi connectivity index (χ1) is 5.97. The minimum Gasteiger partial charge on any atom is -0.448 e. The van der Waals surface area contributed by atoms with Crippen molar-refractivity contribution in [2.24, 2.45) is 0 Å². The molecule has 2 atom stereocenters. The Morgan fingerprint density at radius 2 is 2.08 bits per heavy atom. The van der Waals surface area contributed by atoms with E-state index in [4.69, 9.17) is 4.74 Å². The molecule has 0 heterocycles. The SMILES string of the molecule is C=C(C)C(=O)OC(C)SC(C)CC. The van der Waals surface area contributed by atoms with E-state index in [9.17, 15) is 4.79 Å². The summed E-state index contributed by atoms with van der Waals surface area (Å²) in [5.41, 5.74) is 0.371. The molecule has 2 unspecified atom stereocenters. The topological polar surface area (TPSA) is 26.3 Å². The zero-order valence-corrected chi connectivity index (χ0v) is 9.61. The van der Waals surface area contributed by atoms with Crippen LogP contribution in [0.4, 0.5) is 0 Å². The highest BCUT2D eigenvalue weighted by atomic mass is 32.2. The van der Waals surface area contributed by atoms with Crippen LogP contribution in [0.3, 0.4) is 0 Å². The molecule has 0 spiro atoms. The highest BCUT2D eigenvalue weighted by Crippen LogP contribution is 2.21. The van der Waals surface area contributed by atoms with Crippen molar-refractivity contribution in [3.05, 3.63) is 12.2 Å². The summed E-state index contributed by atoms with van der Waals surface area (Å²) >= 11 is 1.66. The van der Waals surface area contributed by atoms with Gasteiger partial charge in [0.25, 0.3) is 0 Å². The minimum atomic E-state index is -0.302. The second-order valence-electron chi connectivity index (χ2n) is 3.11. The molecule has 0 rings (SSSR count). The van der Waals surface area contributed by atoms with Gasteiger partial charge in [-0.1, -0.05) is 20.4 Å². The van der Waals surface area contributed by atoms with Gasteiger partial charge in [0.15, 0.2) is 0 Å². The predicted octanol–water partition coefficient (Wildman–Crippen LogP) is 2.98. The molecule has 0 N–H and O–H groups in total. The van der Waals surface area contributed by atoms with Crippen molar-refractivity contribution in [2.45, 2.75) is 44.8 Å². The Morgan fingerprint density at radius 3 is 2.46 bits per heavy atom. The molecule has 0 bridgehead atoms. The molecule has 0 aromatic heterocycles. The minimum absolute atomic E-state index is 0.0841. The summed E-state index contributed by atoms with van der Waals surface area (Å²) in [6.07, 6.45) is 1.08. The molecule has 0 saturated heterocycles. The van der Waals surface area contributed by atoms with Gasteiger partial charge < -0.3 is 4.74 Å². The molecule has 0 radical (unpaired) electrons. The van der Waals surface area contributed by atoms with Crippen LogP contribution in [-0.4, -0.2) is 16.7 Å². The maximum absolute atomic E-state index is 11.1. The molecule has 0 aromatic rings. The summed E-state index contributed by atoms with van der Waals surface area (Å²) in [7, 11) is 0. The zero-order chi connectivity index (χ0) is 10.4. The highest BCUT2D eigenvalue weighted by molar-refractivity contribution is 8.00. The highest BCUT2D eigenvalue weighted by Gasteiger charge is 2.12. The average molecular weight is 202 g/mol. The standard InChI is InChI=1S/C10H18O2S/c1-6-8(4)13-9(5)12-10(11)7(2)3/h8-9H,2,6H2,1,3-5H3. The lowest BCUT2D eigenvalue weighted by molar-refractivity contribution is -0.139. The van der Waals surface area contributed by atoms with Gasteiger partial charge in [-0.3, -0.25) is 0 Å². The van der Waals surface area contributed by atoms with E-state index in [0.717, 1.165) is 6.42 Å². The lowest BCUT2D eigenvalue weighted by atomic mass is 10.4. The quantitative estimate of drug-likeness (QED) is 0.389. The Bertz CT molecular complexity index is 189. The van der Waals surface area contributed by atoms with Gasteiger partial charge in [-0.2, -0.15) is 0 Å². The maximum Gasteiger partial charge on any atom is 0.334 e. The summed E-state index contributed by atoms with van der Waals surface area (Å²) in [4.78, 5) is 11.1. The molecule has 0 saturated carbocycles. The lowest BCUT2D eigenvalue weighted by Crippen LogP contribution is -2.14. The number of thioether (sulfide) groups is 1. The third kappa shape index (κ3) is 5.75. The van der Waals surface area contributed by atoms with Crippen molar-refractivity contribution in [1.29, 1.82) is 0 Å². The number of carbonyl (C=O) groups excluding carboxylic acids is 1. The lowest BCUT2D eigenvalue weighted by Gasteiger charge is -2.16. The molecule has 0 aliphatic carbocycles. The normalized spacial score (nSPS) is 14.8.